The van der Waals surface area contributed by atoms with Gasteiger partial charge in [0, 0.05) is 18.1 Å². The van der Waals surface area contributed by atoms with E-state index in [4.69, 9.17) is 9.47 Å². The van der Waals surface area contributed by atoms with E-state index in [1.165, 1.54) is 59.8 Å². The van der Waals surface area contributed by atoms with Crippen molar-refractivity contribution >= 4 is 17.6 Å². The van der Waals surface area contributed by atoms with Crippen LogP contribution in [0.5, 0.6) is 0 Å². The van der Waals surface area contributed by atoms with Crippen LogP contribution in [0.2, 0.25) is 0 Å². The van der Waals surface area contributed by atoms with E-state index in [0.717, 1.165) is 0 Å². The molecule has 0 saturated carbocycles. The monoisotopic (exact) mass is 413 g/mol. The molecule has 1 heterocycles. The number of halogens is 2. The summed E-state index contributed by atoms with van der Waals surface area (Å²) in [5.74, 6) is -3.09. The third-order valence-corrected chi connectivity index (χ3v) is 4.51. The van der Waals surface area contributed by atoms with E-state index in [0.29, 0.717) is 11.3 Å². The first kappa shape index (κ1) is 21.2. The molecule has 0 aromatic heterocycles. The van der Waals surface area contributed by atoms with Gasteiger partial charge in [0.25, 0.3) is 0 Å². The Hall–Kier alpha value is -3.48. The average Bonchev–Trinajstić information content (AvgIpc) is 2.73. The van der Waals surface area contributed by atoms with E-state index in [1.807, 2.05) is 0 Å². The number of hydrogen-bond acceptors (Lipinski definition) is 5. The maximum Gasteiger partial charge on any atom is 0.336 e. The molecular weight excluding hydrogens is 392 g/mol. The lowest BCUT2D eigenvalue weighted by Crippen LogP contribution is -2.29. The van der Waals surface area contributed by atoms with Crippen LogP contribution >= 0.6 is 0 Å². The number of rotatable bonds is 6. The van der Waals surface area contributed by atoms with Gasteiger partial charge in [0.2, 0.25) is 0 Å². The Kier molecular flexibility index (Phi) is 6.61. The quantitative estimate of drug-likeness (QED) is 0.655. The summed E-state index contributed by atoms with van der Waals surface area (Å²) in [5, 5.41) is 0. The van der Waals surface area contributed by atoms with Crippen LogP contribution in [0.3, 0.4) is 0 Å². The molecule has 5 nitrogen and oxygen atoms in total. The van der Waals surface area contributed by atoms with Gasteiger partial charge in [0.15, 0.2) is 0 Å². The molecule has 2 aromatic carbocycles. The molecule has 7 heteroatoms. The van der Waals surface area contributed by atoms with E-state index < -0.39 is 29.5 Å². The first-order chi connectivity index (χ1) is 14.4. The van der Waals surface area contributed by atoms with Crippen LogP contribution < -0.4 is 4.90 Å². The van der Waals surface area contributed by atoms with Crippen molar-refractivity contribution in [2.24, 2.45) is 0 Å². The summed E-state index contributed by atoms with van der Waals surface area (Å²) in [6, 6.07) is 11.2. The van der Waals surface area contributed by atoms with Gasteiger partial charge in [-0.2, -0.15) is 0 Å². The summed E-state index contributed by atoms with van der Waals surface area (Å²) in [7, 11) is 0. The van der Waals surface area contributed by atoms with Crippen molar-refractivity contribution in [3.05, 3.63) is 89.3 Å². The summed E-state index contributed by atoms with van der Waals surface area (Å²) < 4.78 is 37.7. The number of nitrogens with zero attached hydrogens (tertiary/aromatic N) is 1. The fraction of sp³-hybridized carbons (Fsp3) is 0.217. The Bertz CT molecular complexity index is 963. The zero-order chi connectivity index (χ0) is 21.7. The summed E-state index contributed by atoms with van der Waals surface area (Å²) in [4.78, 5) is 27.1. The van der Waals surface area contributed by atoms with Crippen molar-refractivity contribution in [2.45, 2.75) is 19.8 Å². The summed E-state index contributed by atoms with van der Waals surface area (Å²) in [5.41, 5.74) is 1.21. The molecule has 0 saturated heterocycles. The van der Waals surface area contributed by atoms with Crippen LogP contribution in [0.1, 0.15) is 25.3 Å². The van der Waals surface area contributed by atoms with Gasteiger partial charge in [-0.1, -0.05) is 12.1 Å². The van der Waals surface area contributed by atoms with Gasteiger partial charge in [-0.3, -0.25) is 0 Å². The van der Waals surface area contributed by atoms with Crippen LogP contribution in [0.4, 0.5) is 14.5 Å². The fourth-order valence-electron chi connectivity index (χ4n) is 3.23. The summed E-state index contributed by atoms with van der Waals surface area (Å²) in [6.45, 7) is 3.58. The Labute approximate surface area is 173 Å². The zero-order valence-corrected chi connectivity index (χ0v) is 16.6. The molecule has 0 unspecified atom stereocenters. The summed E-state index contributed by atoms with van der Waals surface area (Å²) >= 11 is 0. The minimum Gasteiger partial charge on any atom is -0.463 e. The number of carbonyl (C=O) groups excluding carboxylic acids is 2. The van der Waals surface area contributed by atoms with E-state index in [2.05, 4.69) is 0 Å². The maximum absolute atomic E-state index is 13.9. The maximum atomic E-state index is 13.9. The minimum atomic E-state index is -0.879. The molecule has 0 radical (unpaired) electrons. The van der Waals surface area contributed by atoms with Gasteiger partial charge in [0.1, 0.15) is 11.6 Å². The van der Waals surface area contributed by atoms with Crippen LogP contribution in [-0.4, -0.2) is 25.2 Å². The summed E-state index contributed by atoms with van der Waals surface area (Å²) in [6.07, 6.45) is 3.01. The number of anilines is 1. The normalized spacial score (nSPS) is 14.1. The molecule has 3 rings (SSSR count). The molecule has 1 aliphatic rings. The van der Waals surface area contributed by atoms with E-state index in [1.54, 1.807) is 19.9 Å². The molecule has 0 amide bonds. The lowest BCUT2D eigenvalue weighted by Gasteiger charge is -2.30. The van der Waals surface area contributed by atoms with Crippen molar-refractivity contribution in [3.63, 3.8) is 0 Å². The topological polar surface area (TPSA) is 55.8 Å². The molecule has 0 N–H and O–H groups in total. The second-order valence-corrected chi connectivity index (χ2v) is 6.48. The Morgan fingerprint density at radius 1 is 0.867 bits per heavy atom. The van der Waals surface area contributed by atoms with Gasteiger partial charge >= 0.3 is 11.9 Å². The SMILES string of the molecule is CCOC(=O)C1=CN(c2ccc(F)cc2)C=C(C(=O)OCC)C1c1cccc(F)c1. The predicted molar refractivity (Wildman–Crippen MR) is 107 cm³/mol. The van der Waals surface area contributed by atoms with Crippen molar-refractivity contribution in [1.82, 2.24) is 0 Å². The van der Waals surface area contributed by atoms with Crippen LogP contribution in [0.15, 0.2) is 72.1 Å². The van der Waals surface area contributed by atoms with E-state index >= 15 is 0 Å². The second kappa shape index (κ2) is 9.35. The Balaban J connectivity index is 2.17. The average molecular weight is 413 g/mol. The van der Waals surface area contributed by atoms with Gasteiger partial charge in [0.05, 0.1) is 30.3 Å². The van der Waals surface area contributed by atoms with Gasteiger partial charge in [-0.15, -0.1) is 0 Å². The lowest BCUT2D eigenvalue weighted by atomic mass is 9.83. The minimum absolute atomic E-state index is 0.126. The van der Waals surface area contributed by atoms with Crippen molar-refractivity contribution in [3.8, 4) is 0 Å². The van der Waals surface area contributed by atoms with E-state index in [-0.39, 0.29) is 24.4 Å². The molecule has 0 bridgehead atoms. The lowest BCUT2D eigenvalue weighted by molar-refractivity contribution is -0.139. The number of ether oxygens (including phenoxy) is 2. The molecule has 0 spiro atoms. The number of esters is 2. The first-order valence-electron chi connectivity index (χ1n) is 9.51. The molecule has 0 aliphatic carbocycles. The van der Waals surface area contributed by atoms with Crippen molar-refractivity contribution < 1.29 is 27.8 Å². The van der Waals surface area contributed by atoms with Gasteiger partial charge in [-0.05, 0) is 55.8 Å². The number of hydrogen-bond donors (Lipinski definition) is 0. The highest BCUT2D eigenvalue weighted by molar-refractivity contribution is 6.00. The molecule has 2 aromatic rings. The Morgan fingerprint density at radius 3 is 1.93 bits per heavy atom. The third-order valence-electron chi connectivity index (χ3n) is 4.51. The van der Waals surface area contributed by atoms with E-state index in [9.17, 15) is 18.4 Å². The highest BCUT2D eigenvalue weighted by Gasteiger charge is 2.36. The smallest absolute Gasteiger partial charge is 0.336 e. The Morgan fingerprint density at radius 2 is 1.43 bits per heavy atom. The highest BCUT2D eigenvalue weighted by atomic mass is 19.1. The van der Waals surface area contributed by atoms with Crippen molar-refractivity contribution in [1.29, 1.82) is 0 Å². The molecule has 1 aliphatic heterocycles. The molecule has 0 atom stereocenters. The number of carbonyl (C=O) groups is 2. The fourth-order valence-corrected chi connectivity index (χ4v) is 3.23. The molecule has 156 valence electrons. The van der Waals surface area contributed by atoms with Gasteiger partial charge in [-0.25, -0.2) is 18.4 Å². The van der Waals surface area contributed by atoms with Gasteiger partial charge < -0.3 is 14.4 Å². The third kappa shape index (κ3) is 4.56. The number of benzene rings is 2. The first-order valence-corrected chi connectivity index (χ1v) is 9.51. The van der Waals surface area contributed by atoms with Crippen LogP contribution in [0, 0.1) is 11.6 Å². The second-order valence-electron chi connectivity index (χ2n) is 6.48. The van der Waals surface area contributed by atoms with Crippen molar-refractivity contribution in [2.75, 3.05) is 18.1 Å². The molecule has 30 heavy (non-hydrogen) atoms. The van der Waals surface area contributed by atoms with Crippen LogP contribution in [0.25, 0.3) is 0 Å². The predicted octanol–water partition coefficient (Wildman–Crippen LogP) is 4.46. The molecule has 0 fully saturated rings. The van der Waals surface area contributed by atoms with Crippen LogP contribution in [-0.2, 0) is 19.1 Å². The zero-order valence-electron chi connectivity index (χ0n) is 16.6. The molecular formula is C23H21F2NO4. The standard InChI is InChI=1S/C23H21F2NO4/c1-3-29-22(27)19-13-26(18-10-8-16(24)9-11-18)14-20(23(28)30-4-2)21(19)15-6-5-7-17(25)12-15/h5-14,21H,3-4H2,1-2H3. The highest BCUT2D eigenvalue weighted by Crippen LogP contribution is 2.38. The largest absolute Gasteiger partial charge is 0.463 e.